The van der Waals surface area contributed by atoms with E-state index in [9.17, 15) is 9.18 Å². The summed E-state index contributed by atoms with van der Waals surface area (Å²) in [5.41, 5.74) is 2.27. The van der Waals surface area contributed by atoms with Crippen LogP contribution >= 0.6 is 0 Å². The number of carbonyl (C=O) groups is 1. The first-order chi connectivity index (χ1) is 13.7. The number of amides is 1. The molecular weight excluding hydrogens is 361 g/mol. The number of hydrogen-bond acceptors (Lipinski definition) is 5. The molecule has 3 heterocycles. The Morgan fingerprint density at radius 2 is 1.96 bits per heavy atom. The van der Waals surface area contributed by atoms with E-state index in [1.54, 1.807) is 55.2 Å². The van der Waals surface area contributed by atoms with Crippen LogP contribution < -0.4 is 5.32 Å². The van der Waals surface area contributed by atoms with Crippen molar-refractivity contribution in [2.24, 2.45) is 0 Å². The number of carbonyl (C=O) groups excluding carboxylic acids is 1. The Bertz CT molecular complexity index is 1080. The maximum Gasteiger partial charge on any atom is 0.274 e. The highest BCUT2D eigenvalue weighted by Gasteiger charge is 2.23. The molecule has 1 aromatic carbocycles. The Morgan fingerprint density at radius 3 is 2.71 bits per heavy atom. The van der Waals surface area contributed by atoms with E-state index in [4.69, 9.17) is 0 Å². The maximum absolute atomic E-state index is 14.3. The lowest BCUT2D eigenvalue weighted by Crippen LogP contribution is -2.26. The number of halogens is 1. The van der Waals surface area contributed by atoms with Crippen molar-refractivity contribution in [3.8, 4) is 16.9 Å². The summed E-state index contributed by atoms with van der Waals surface area (Å²) < 4.78 is 15.7. The first-order valence-electron chi connectivity index (χ1n) is 8.60. The molecule has 0 bridgehead atoms. The SMILES string of the molecule is O=C(NCCc1cnc[nH]1)c1nnn(-c2ccccc2F)c1-c1ccncc1. The number of benzene rings is 1. The molecular formula is C19H16FN7O. The topological polar surface area (TPSA) is 101 Å². The summed E-state index contributed by atoms with van der Waals surface area (Å²) in [7, 11) is 0. The number of aromatic amines is 1. The summed E-state index contributed by atoms with van der Waals surface area (Å²) in [6.07, 6.45) is 7.06. The van der Waals surface area contributed by atoms with Crippen molar-refractivity contribution < 1.29 is 9.18 Å². The summed E-state index contributed by atoms with van der Waals surface area (Å²) in [5.74, 6) is -0.858. The molecule has 3 aromatic heterocycles. The summed E-state index contributed by atoms with van der Waals surface area (Å²) in [5, 5.41) is 10.9. The first-order valence-corrected chi connectivity index (χ1v) is 8.60. The van der Waals surface area contributed by atoms with Crippen LogP contribution in [0.15, 0.2) is 61.3 Å². The lowest BCUT2D eigenvalue weighted by Gasteiger charge is -2.09. The second-order valence-corrected chi connectivity index (χ2v) is 5.97. The van der Waals surface area contributed by atoms with Gasteiger partial charge in [-0.1, -0.05) is 17.3 Å². The Balaban J connectivity index is 1.67. The summed E-state index contributed by atoms with van der Waals surface area (Å²) in [6, 6.07) is 9.63. The van der Waals surface area contributed by atoms with Crippen LogP contribution in [0.5, 0.6) is 0 Å². The van der Waals surface area contributed by atoms with Gasteiger partial charge in [0.05, 0.1) is 6.33 Å². The molecule has 0 aliphatic heterocycles. The predicted molar refractivity (Wildman–Crippen MR) is 99.2 cm³/mol. The van der Waals surface area contributed by atoms with E-state index >= 15 is 0 Å². The summed E-state index contributed by atoms with van der Waals surface area (Å²) in [4.78, 5) is 23.6. The van der Waals surface area contributed by atoms with Gasteiger partial charge in [0.25, 0.3) is 5.91 Å². The third kappa shape index (κ3) is 3.50. The molecule has 0 spiro atoms. The zero-order valence-corrected chi connectivity index (χ0v) is 14.7. The average molecular weight is 377 g/mol. The Kier molecular flexibility index (Phi) is 4.87. The van der Waals surface area contributed by atoms with Gasteiger partial charge in [-0.3, -0.25) is 9.78 Å². The minimum atomic E-state index is -0.464. The molecule has 28 heavy (non-hydrogen) atoms. The standard InChI is InChI=1S/C19H16FN7O/c20-15-3-1-2-4-16(15)27-18(13-5-8-21-9-6-13)17(25-26-27)19(28)23-10-7-14-11-22-12-24-14/h1-6,8-9,11-12H,7,10H2,(H,22,24)(H,23,28). The van der Waals surface area contributed by atoms with Crippen molar-refractivity contribution in [2.45, 2.75) is 6.42 Å². The third-order valence-corrected chi connectivity index (χ3v) is 4.15. The Labute approximate surface area is 159 Å². The van der Waals surface area contributed by atoms with Crippen LogP contribution in [0.1, 0.15) is 16.2 Å². The van der Waals surface area contributed by atoms with Gasteiger partial charge < -0.3 is 10.3 Å². The fraction of sp³-hybridized carbons (Fsp3) is 0.105. The summed E-state index contributed by atoms with van der Waals surface area (Å²) >= 11 is 0. The van der Waals surface area contributed by atoms with Gasteiger partial charge in [-0.2, -0.15) is 0 Å². The molecule has 0 saturated heterocycles. The molecule has 8 nitrogen and oxygen atoms in total. The zero-order valence-electron chi connectivity index (χ0n) is 14.7. The molecule has 2 N–H and O–H groups in total. The van der Waals surface area contributed by atoms with E-state index in [1.807, 2.05) is 0 Å². The van der Waals surface area contributed by atoms with Crippen molar-refractivity contribution >= 4 is 5.91 Å². The van der Waals surface area contributed by atoms with Gasteiger partial charge in [-0.25, -0.2) is 14.1 Å². The van der Waals surface area contributed by atoms with Crippen LogP contribution in [0, 0.1) is 5.82 Å². The lowest BCUT2D eigenvalue weighted by atomic mass is 10.1. The maximum atomic E-state index is 14.3. The number of imidazole rings is 1. The van der Waals surface area contributed by atoms with E-state index in [-0.39, 0.29) is 11.4 Å². The van der Waals surface area contributed by atoms with Crippen molar-refractivity contribution in [1.29, 1.82) is 0 Å². The molecule has 0 fully saturated rings. The van der Waals surface area contributed by atoms with Crippen LogP contribution in [-0.4, -0.2) is 42.4 Å². The van der Waals surface area contributed by atoms with Crippen LogP contribution in [0.25, 0.3) is 16.9 Å². The second-order valence-electron chi connectivity index (χ2n) is 5.97. The number of para-hydroxylation sites is 1. The van der Waals surface area contributed by atoms with E-state index in [0.717, 1.165) is 5.69 Å². The number of nitrogens with one attached hydrogen (secondary N) is 2. The molecule has 140 valence electrons. The van der Waals surface area contributed by atoms with Gasteiger partial charge in [0, 0.05) is 42.8 Å². The molecule has 0 atom stereocenters. The molecule has 0 aliphatic rings. The monoisotopic (exact) mass is 377 g/mol. The van der Waals surface area contributed by atoms with E-state index in [0.29, 0.717) is 24.2 Å². The van der Waals surface area contributed by atoms with Crippen LogP contribution in [-0.2, 0) is 6.42 Å². The Morgan fingerprint density at radius 1 is 1.14 bits per heavy atom. The first kappa shape index (κ1) is 17.5. The van der Waals surface area contributed by atoms with Crippen molar-refractivity contribution in [2.75, 3.05) is 6.54 Å². The quantitative estimate of drug-likeness (QED) is 0.536. The van der Waals surface area contributed by atoms with Crippen molar-refractivity contribution in [3.63, 3.8) is 0 Å². The third-order valence-electron chi connectivity index (χ3n) is 4.15. The number of nitrogens with zero attached hydrogens (tertiary/aromatic N) is 5. The largest absolute Gasteiger partial charge is 0.350 e. The highest BCUT2D eigenvalue weighted by Crippen LogP contribution is 2.26. The highest BCUT2D eigenvalue weighted by molar-refractivity contribution is 5.98. The fourth-order valence-electron chi connectivity index (χ4n) is 2.81. The number of pyridine rings is 1. The molecule has 0 saturated carbocycles. The van der Waals surface area contributed by atoms with Crippen molar-refractivity contribution in [3.05, 3.63) is 78.5 Å². The van der Waals surface area contributed by atoms with Crippen LogP contribution in [0.4, 0.5) is 4.39 Å². The van der Waals surface area contributed by atoms with Crippen LogP contribution in [0.3, 0.4) is 0 Å². The van der Waals surface area contributed by atoms with E-state index in [2.05, 4.69) is 30.6 Å². The van der Waals surface area contributed by atoms with Gasteiger partial charge in [0.1, 0.15) is 17.2 Å². The molecule has 4 rings (SSSR count). The van der Waals surface area contributed by atoms with Crippen molar-refractivity contribution in [1.82, 2.24) is 35.3 Å². The number of H-pyrrole nitrogens is 1. The van der Waals surface area contributed by atoms with E-state index in [1.165, 1.54) is 10.7 Å². The van der Waals surface area contributed by atoms with Crippen LogP contribution in [0.2, 0.25) is 0 Å². The summed E-state index contributed by atoms with van der Waals surface area (Å²) in [6.45, 7) is 0.392. The Hall–Kier alpha value is -3.88. The second kappa shape index (κ2) is 7.78. The fourth-order valence-corrected chi connectivity index (χ4v) is 2.81. The average Bonchev–Trinajstić information content (AvgIpc) is 3.39. The minimum Gasteiger partial charge on any atom is -0.350 e. The molecule has 9 heteroatoms. The van der Waals surface area contributed by atoms with Gasteiger partial charge in [0.2, 0.25) is 0 Å². The lowest BCUT2D eigenvalue weighted by molar-refractivity contribution is 0.0949. The molecule has 0 unspecified atom stereocenters. The zero-order chi connectivity index (χ0) is 19.3. The van der Waals surface area contributed by atoms with Gasteiger partial charge in [0.15, 0.2) is 5.69 Å². The molecule has 1 amide bonds. The van der Waals surface area contributed by atoms with Gasteiger partial charge >= 0.3 is 0 Å². The minimum absolute atomic E-state index is 0.110. The number of aromatic nitrogens is 6. The molecule has 4 aromatic rings. The van der Waals surface area contributed by atoms with Gasteiger partial charge in [-0.15, -0.1) is 5.10 Å². The predicted octanol–water partition coefficient (Wildman–Crippen LogP) is 2.16. The number of hydrogen-bond donors (Lipinski definition) is 2. The van der Waals surface area contributed by atoms with Gasteiger partial charge in [-0.05, 0) is 24.3 Å². The van der Waals surface area contributed by atoms with E-state index < -0.39 is 11.7 Å². The highest BCUT2D eigenvalue weighted by atomic mass is 19.1. The molecule has 0 radical (unpaired) electrons. The normalized spacial score (nSPS) is 10.8. The smallest absolute Gasteiger partial charge is 0.274 e. The molecule has 0 aliphatic carbocycles. The number of rotatable bonds is 6.